The Morgan fingerprint density at radius 1 is 1.32 bits per heavy atom. The number of aliphatic hydroxyl groups excluding tert-OH is 1. The number of carboxylic acid groups (broad SMARTS) is 1. The lowest BCUT2D eigenvalue weighted by Gasteiger charge is -2.32. The number of aliphatic hydroxyl groups is 1. The van der Waals surface area contributed by atoms with Crippen LogP contribution in [0, 0.1) is 0 Å². The molecule has 0 fully saturated rings. The van der Waals surface area contributed by atoms with Gasteiger partial charge in [0.15, 0.2) is 0 Å². The third-order valence-corrected chi connectivity index (χ3v) is 3.24. The third-order valence-electron chi connectivity index (χ3n) is 3.24. The first-order valence-corrected chi connectivity index (χ1v) is 7.18. The summed E-state index contributed by atoms with van der Waals surface area (Å²) in [6, 6.07) is 0. The molecule has 0 aliphatic rings. The van der Waals surface area contributed by atoms with Gasteiger partial charge in [-0.15, -0.1) is 0 Å². The van der Waals surface area contributed by atoms with Crippen LogP contribution < -0.4 is 5.11 Å². The van der Waals surface area contributed by atoms with Crippen molar-refractivity contribution < 1.29 is 19.5 Å². The molecule has 0 aromatic rings. The van der Waals surface area contributed by atoms with E-state index in [9.17, 15) is 15.0 Å². The molecule has 0 bridgehead atoms. The summed E-state index contributed by atoms with van der Waals surface area (Å²) in [4.78, 5) is 10.3. The number of carbonyl (C=O) groups excluding carboxylic acids is 1. The molecule has 1 unspecified atom stereocenters. The monoisotopic (exact) mass is 271 g/mol. The van der Waals surface area contributed by atoms with Gasteiger partial charge < -0.3 is 19.5 Å². The topological polar surface area (TPSA) is 60.4 Å². The van der Waals surface area contributed by atoms with Gasteiger partial charge in [0, 0.05) is 5.97 Å². The van der Waals surface area contributed by atoms with Crippen molar-refractivity contribution >= 4 is 5.97 Å². The summed E-state index contributed by atoms with van der Waals surface area (Å²) in [5, 5.41) is 20.3. The number of quaternary nitrogens is 1. The Hall–Kier alpha value is -0.870. The number of carboxylic acids is 1. The Bertz CT molecular complexity index is 275. The van der Waals surface area contributed by atoms with Gasteiger partial charge in [-0.25, -0.2) is 0 Å². The molecule has 0 radical (unpaired) electrons. The fourth-order valence-electron chi connectivity index (χ4n) is 2.20. The van der Waals surface area contributed by atoms with Crippen molar-refractivity contribution in [2.45, 2.75) is 51.6 Å². The highest BCUT2D eigenvalue weighted by Gasteiger charge is 2.19. The van der Waals surface area contributed by atoms with Gasteiger partial charge in [-0.1, -0.05) is 12.2 Å². The van der Waals surface area contributed by atoms with Crippen molar-refractivity contribution in [3.05, 3.63) is 12.2 Å². The molecule has 0 aromatic heterocycles. The molecule has 112 valence electrons. The lowest BCUT2D eigenvalue weighted by molar-refractivity contribution is -0.893. The van der Waals surface area contributed by atoms with Gasteiger partial charge in [0.2, 0.25) is 0 Å². The van der Waals surface area contributed by atoms with Crippen molar-refractivity contribution in [1.29, 1.82) is 0 Å². The van der Waals surface area contributed by atoms with Gasteiger partial charge in [-0.3, -0.25) is 0 Å². The van der Waals surface area contributed by atoms with Crippen LogP contribution in [0.1, 0.15) is 45.4 Å². The number of hydrogen-bond acceptors (Lipinski definition) is 3. The number of likely N-dealkylation sites (N-methyl/N-ethyl adjacent to an activating group) is 1. The van der Waals surface area contributed by atoms with Crippen LogP contribution in [0.15, 0.2) is 12.2 Å². The number of nitrogens with zero attached hydrogens (tertiary/aromatic N) is 1. The Morgan fingerprint density at radius 2 is 2.00 bits per heavy atom. The first-order valence-electron chi connectivity index (χ1n) is 7.18. The molecule has 0 saturated carbocycles. The maximum Gasteiger partial charge on any atom is 0.105 e. The molecule has 0 rings (SSSR count). The normalized spacial score (nSPS) is 13.9. The molecular weight excluding hydrogens is 242 g/mol. The summed E-state index contributed by atoms with van der Waals surface area (Å²) >= 11 is 0. The highest BCUT2D eigenvalue weighted by Crippen LogP contribution is 2.09. The highest BCUT2D eigenvalue weighted by molar-refractivity contribution is 5.64. The van der Waals surface area contributed by atoms with E-state index in [0.717, 1.165) is 43.3 Å². The molecular formula is C15H29NO3. The predicted octanol–water partition coefficient (Wildman–Crippen LogP) is 1.09. The van der Waals surface area contributed by atoms with E-state index in [0.29, 0.717) is 6.42 Å². The van der Waals surface area contributed by atoms with Gasteiger partial charge in [0.05, 0.1) is 20.6 Å². The second-order valence-electron chi connectivity index (χ2n) is 5.82. The molecule has 4 heteroatoms. The molecule has 19 heavy (non-hydrogen) atoms. The van der Waals surface area contributed by atoms with Crippen molar-refractivity contribution in [2.75, 3.05) is 27.2 Å². The average molecular weight is 271 g/mol. The van der Waals surface area contributed by atoms with E-state index in [-0.39, 0.29) is 12.5 Å². The summed E-state index contributed by atoms with van der Waals surface area (Å²) in [6.07, 6.45) is 8.37. The van der Waals surface area contributed by atoms with Crippen LogP contribution in [0.2, 0.25) is 0 Å². The maximum atomic E-state index is 10.3. The summed E-state index contributed by atoms with van der Waals surface area (Å²) in [7, 11) is 4.16. The predicted molar refractivity (Wildman–Crippen MR) is 75.4 cm³/mol. The fraction of sp³-hybridized carbons (Fsp3) is 0.800. The fourth-order valence-corrected chi connectivity index (χ4v) is 2.20. The second-order valence-corrected chi connectivity index (χ2v) is 5.82. The van der Waals surface area contributed by atoms with Crippen LogP contribution >= 0.6 is 0 Å². The Morgan fingerprint density at radius 3 is 2.58 bits per heavy atom. The Balaban J connectivity index is 3.77. The number of rotatable bonds is 11. The van der Waals surface area contributed by atoms with Crippen LogP contribution in [-0.2, 0) is 4.79 Å². The van der Waals surface area contributed by atoms with E-state index in [2.05, 4.69) is 20.2 Å². The SMILES string of the molecule is C/C=C/CCCC(O)C[N+](C)(C)CCCCC(=O)[O-]. The molecule has 0 spiro atoms. The van der Waals surface area contributed by atoms with Crippen molar-refractivity contribution in [2.24, 2.45) is 0 Å². The van der Waals surface area contributed by atoms with Crippen LogP contribution in [0.25, 0.3) is 0 Å². The molecule has 0 amide bonds. The van der Waals surface area contributed by atoms with E-state index < -0.39 is 5.97 Å². The van der Waals surface area contributed by atoms with E-state index in [1.807, 2.05) is 13.0 Å². The van der Waals surface area contributed by atoms with Gasteiger partial charge >= 0.3 is 0 Å². The van der Waals surface area contributed by atoms with Gasteiger partial charge in [-0.2, -0.15) is 0 Å². The van der Waals surface area contributed by atoms with Gasteiger partial charge in [-0.05, 0) is 45.4 Å². The number of unbranched alkanes of at least 4 members (excludes halogenated alkanes) is 2. The molecule has 0 aliphatic carbocycles. The highest BCUT2D eigenvalue weighted by atomic mass is 16.4. The van der Waals surface area contributed by atoms with Crippen molar-refractivity contribution in [3.8, 4) is 0 Å². The van der Waals surface area contributed by atoms with E-state index in [1.54, 1.807) is 0 Å². The standard InChI is InChI=1S/C15H29NO3/c1-4-5-6-7-10-14(17)13-16(2,3)12-9-8-11-15(18)19/h4-5,14,17H,6-13H2,1-3H3/b5-4+. The Labute approximate surface area is 117 Å². The lowest BCUT2D eigenvalue weighted by Crippen LogP contribution is -2.46. The first kappa shape index (κ1) is 18.1. The van der Waals surface area contributed by atoms with Crippen molar-refractivity contribution in [1.82, 2.24) is 0 Å². The number of carbonyl (C=O) groups is 1. The minimum atomic E-state index is -0.977. The minimum absolute atomic E-state index is 0.131. The van der Waals surface area contributed by atoms with Crippen LogP contribution in [0.5, 0.6) is 0 Å². The van der Waals surface area contributed by atoms with Crippen LogP contribution in [0.4, 0.5) is 0 Å². The zero-order valence-electron chi connectivity index (χ0n) is 12.6. The van der Waals surface area contributed by atoms with Crippen LogP contribution in [-0.4, -0.2) is 48.8 Å². The van der Waals surface area contributed by atoms with Crippen LogP contribution in [0.3, 0.4) is 0 Å². The van der Waals surface area contributed by atoms with Gasteiger partial charge in [0.25, 0.3) is 0 Å². The Kier molecular flexibility index (Phi) is 9.53. The van der Waals surface area contributed by atoms with E-state index in [4.69, 9.17) is 0 Å². The smallest absolute Gasteiger partial charge is 0.105 e. The summed E-state index contributed by atoms with van der Waals surface area (Å²) in [6.45, 7) is 3.61. The zero-order chi connectivity index (χ0) is 14.7. The number of hydrogen-bond donors (Lipinski definition) is 1. The molecule has 1 atom stereocenters. The molecule has 0 heterocycles. The summed E-state index contributed by atoms with van der Waals surface area (Å²) in [5.41, 5.74) is 0. The zero-order valence-corrected chi connectivity index (χ0v) is 12.6. The average Bonchev–Trinajstić information content (AvgIpc) is 2.29. The molecule has 4 nitrogen and oxygen atoms in total. The third kappa shape index (κ3) is 11.9. The van der Waals surface area contributed by atoms with Crippen molar-refractivity contribution in [3.63, 3.8) is 0 Å². The van der Waals surface area contributed by atoms with E-state index in [1.165, 1.54) is 0 Å². The second kappa shape index (κ2) is 9.98. The van der Waals surface area contributed by atoms with E-state index >= 15 is 0 Å². The largest absolute Gasteiger partial charge is 0.550 e. The maximum absolute atomic E-state index is 10.3. The number of aliphatic carboxylic acids is 1. The lowest BCUT2D eigenvalue weighted by atomic mass is 10.1. The molecule has 1 N–H and O–H groups in total. The first-order chi connectivity index (χ1) is 8.87. The molecule has 0 aromatic carbocycles. The summed E-state index contributed by atoms with van der Waals surface area (Å²) in [5.74, 6) is -0.977. The molecule has 0 aliphatic heterocycles. The summed E-state index contributed by atoms with van der Waals surface area (Å²) < 4.78 is 0.734. The molecule has 0 saturated heterocycles. The quantitative estimate of drug-likeness (QED) is 0.348. The number of allylic oxidation sites excluding steroid dienone is 2. The van der Waals surface area contributed by atoms with Gasteiger partial charge in [0.1, 0.15) is 12.6 Å². The minimum Gasteiger partial charge on any atom is -0.550 e.